The van der Waals surface area contributed by atoms with Gasteiger partial charge in [-0.3, -0.25) is 4.90 Å². The lowest BCUT2D eigenvalue weighted by Gasteiger charge is -2.32. The van der Waals surface area contributed by atoms with Crippen molar-refractivity contribution in [2.75, 3.05) is 19.7 Å². The monoisotopic (exact) mass is 437 g/mol. The minimum absolute atomic E-state index is 0. The molecule has 1 saturated heterocycles. The molecule has 0 saturated carbocycles. The Morgan fingerprint density at radius 2 is 1.69 bits per heavy atom. The van der Waals surface area contributed by atoms with Gasteiger partial charge in [0.2, 0.25) is 0 Å². The van der Waals surface area contributed by atoms with E-state index in [9.17, 15) is 4.39 Å². The third kappa shape index (κ3) is 5.61. The number of aryl methyl sites for hydroxylation is 2. The molecule has 6 heteroatoms. The van der Waals surface area contributed by atoms with Gasteiger partial charge in [-0.15, -0.1) is 24.8 Å². The van der Waals surface area contributed by atoms with Gasteiger partial charge in [-0.05, 0) is 43.2 Å². The Labute approximate surface area is 183 Å². The molecule has 3 aromatic rings. The van der Waals surface area contributed by atoms with Crippen molar-refractivity contribution in [1.82, 2.24) is 4.90 Å². The molecule has 1 fully saturated rings. The van der Waals surface area contributed by atoms with E-state index in [0.29, 0.717) is 6.61 Å². The van der Waals surface area contributed by atoms with E-state index in [0.717, 1.165) is 47.8 Å². The van der Waals surface area contributed by atoms with Crippen LogP contribution >= 0.6 is 24.8 Å². The highest BCUT2D eigenvalue weighted by Gasteiger charge is 2.23. The highest BCUT2D eigenvalue weighted by atomic mass is 35.5. The molecule has 3 nitrogen and oxygen atoms in total. The second-order valence-electron chi connectivity index (χ2n) is 7.23. The molecular weight excluding hydrogens is 412 g/mol. The summed E-state index contributed by atoms with van der Waals surface area (Å²) in [6, 6.07) is 17.1. The van der Waals surface area contributed by atoms with Gasteiger partial charge in [-0.25, -0.2) is 4.39 Å². The quantitative estimate of drug-likeness (QED) is 0.491. The zero-order valence-electron chi connectivity index (χ0n) is 16.6. The first-order valence-electron chi connectivity index (χ1n) is 9.34. The Hall–Kier alpha value is -1.85. The number of benzene rings is 2. The Balaban J connectivity index is 0.00000150. The van der Waals surface area contributed by atoms with E-state index in [4.69, 9.17) is 9.15 Å². The number of morpholine rings is 1. The highest BCUT2D eigenvalue weighted by Crippen LogP contribution is 2.28. The molecule has 0 bridgehead atoms. The molecular formula is C23H26Cl2FNO2. The lowest BCUT2D eigenvalue weighted by molar-refractivity contribution is -0.0347. The minimum Gasteiger partial charge on any atom is -0.459 e. The van der Waals surface area contributed by atoms with Crippen molar-refractivity contribution >= 4 is 24.8 Å². The Bertz CT molecular complexity index is 910. The van der Waals surface area contributed by atoms with Gasteiger partial charge in [0, 0.05) is 18.7 Å². The summed E-state index contributed by atoms with van der Waals surface area (Å²) in [6.45, 7) is 7.21. The van der Waals surface area contributed by atoms with Crippen LogP contribution in [0.5, 0.6) is 0 Å². The lowest BCUT2D eigenvalue weighted by Crippen LogP contribution is -2.37. The van der Waals surface area contributed by atoms with Crippen LogP contribution in [0.25, 0.3) is 11.3 Å². The summed E-state index contributed by atoms with van der Waals surface area (Å²) in [7, 11) is 0. The van der Waals surface area contributed by atoms with Crippen molar-refractivity contribution in [3.05, 3.63) is 82.9 Å². The van der Waals surface area contributed by atoms with Gasteiger partial charge < -0.3 is 9.15 Å². The fourth-order valence-corrected chi connectivity index (χ4v) is 3.47. The van der Waals surface area contributed by atoms with Gasteiger partial charge in [0.05, 0.1) is 19.3 Å². The van der Waals surface area contributed by atoms with Gasteiger partial charge in [0.15, 0.2) is 0 Å². The zero-order valence-corrected chi connectivity index (χ0v) is 18.2. The summed E-state index contributed by atoms with van der Waals surface area (Å²) in [5.74, 6) is 1.68. The molecule has 156 valence electrons. The Kier molecular flexibility index (Phi) is 8.29. The van der Waals surface area contributed by atoms with Crippen molar-refractivity contribution in [3.63, 3.8) is 0 Å². The number of hydrogen-bond acceptors (Lipinski definition) is 3. The number of furan rings is 1. The summed E-state index contributed by atoms with van der Waals surface area (Å²) < 4.78 is 25.2. The summed E-state index contributed by atoms with van der Waals surface area (Å²) in [5.41, 5.74) is 4.51. The minimum atomic E-state index is -0.221. The summed E-state index contributed by atoms with van der Waals surface area (Å²) in [6.07, 6.45) is -0.0359. The van der Waals surface area contributed by atoms with E-state index in [1.54, 1.807) is 12.1 Å². The van der Waals surface area contributed by atoms with E-state index in [1.165, 1.54) is 17.7 Å². The van der Waals surface area contributed by atoms with Gasteiger partial charge >= 0.3 is 0 Å². The van der Waals surface area contributed by atoms with Crippen molar-refractivity contribution in [2.24, 2.45) is 0 Å². The molecule has 0 aliphatic carbocycles. The number of hydrogen-bond donors (Lipinski definition) is 0. The number of nitrogens with zero attached hydrogens (tertiary/aromatic N) is 1. The normalized spacial score (nSPS) is 16.7. The van der Waals surface area contributed by atoms with Crippen LogP contribution in [-0.2, 0) is 11.3 Å². The molecule has 1 aliphatic heterocycles. The second-order valence-corrected chi connectivity index (χ2v) is 7.23. The van der Waals surface area contributed by atoms with Gasteiger partial charge in [0.25, 0.3) is 0 Å². The molecule has 0 spiro atoms. The first-order chi connectivity index (χ1) is 13.1. The van der Waals surface area contributed by atoms with E-state index >= 15 is 0 Å². The van der Waals surface area contributed by atoms with E-state index in [2.05, 4.69) is 49.1 Å². The van der Waals surface area contributed by atoms with Gasteiger partial charge in [-0.2, -0.15) is 0 Å². The van der Waals surface area contributed by atoms with E-state index in [1.807, 2.05) is 0 Å². The lowest BCUT2D eigenvalue weighted by atomic mass is 10.1. The summed E-state index contributed by atoms with van der Waals surface area (Å²) in [4.78, 5) is 2.34. The van der Waals surface area contributed by atoms with Crippen LogP contribution in [0.1, 0.15) is 28.6 Å². The van der Waals surface area contributed by atoms with Crippen LogP contribution in [0.2, 0.25) is 0 Å². The highest BCUT2D eigenvalue weighted by molar-refractivity contribution is 5.85. The molecule has 0 N–H and O–H groups in total. The fraction of sp³-hybridized carbons (Fsp3) is 0.304. The summed E-state index contributed by atoms with van der Waals surface area (Å²) in [5, 5.41) is 0. The predicted octanol–water partition coefficient (Wildman–Crippen LogP) is 6.12. The molecule has 0 amide bonds. The van der Waals surface area contributed by atoms with Crippen LogP contribution in [0.15, 0.2) is 59.0 Å². The van der Waals surface area contributed by atoms with Crippen molar-refractivity contribution in [1.29, 1.82) is 0 Å². The Morgan fingerprint density at radius 3 is 2.38 bits per heavy atom. The van der Waals surface area contributed by atoms with Crippen molar-refractivity contribution < 1.29 is 13.5 Å². The molecule has 1 atom stereocenters. The fourth-order valence-electron chi connectivity index (χ4n) is 3.47. The van der Waals surface area contributed by atoms with Crippen LogP contribution in [0.4, 0.5) is 4.39 Å². The molecule has 1 aliphatic rings. The predicted molar refractivity (Wildman–Crippen MR) is 118 cm³/mol. The van der Waals surface area contributed by atoms with Crippen LogP contribution in [0, 0.1) is 19.7 Å². The van der Waals surface area contributed by atoms with E-state index in [-0.39, 0.29) is 36.7 Å². The maximum atomic E-state index is 13.2. The topological polar surface area (TPSA) is 25.6 Å². The standard InChI is InChI=1S/C23H24FNO2.2ClH/c1-16-3-5-18(6-4-16)21-13-17(2)22(27-21)14-25-11-12-26-23(15-25)19-7-9-20(24)10-8-19;;/h3-10,13,23H,11-12,14-15H2,1-2H3;2*1H. The Morgan fingerprint density at radius 1 is 1.00 bits per heavy atom. The summed E-state index contributed by atoms with van der Waals surface area (Å²) >= 11 is 0. The third-order valence-electron chi connectivity index (χ3n) is 5.12. The molecule has 2 heterocycles. The maximum Gasteiger partial charge on any atom is 0.134 e. The molecule has 1 aromatic heterocycles. The number of halogens is 3. The largest absolute Gasteiger partial charge is 0.459 e. The van der Waals surface area contributed by atoms with E-state index < -0.39 is 0 Å². The zero-order chi connectivity index (χ0) is 18.8. The number of rotatable bonds is 4. The molecule has 4 rings (SSSR count). The molecule has 1 unspecified atom stereocenters. The van der Waals surface area contributed by atoms with Crippen molar-refractivity contribution in [3.8, 4) is 11.3 Å². The van der Waals surface area contributed by atoms with Crippen LogP contribution < -0.4 is 0 Å². The molecule has 2 aromatic carbocycles. The van der Waals surface area contributed by atoms with Crippen LogP contribution in [-0.4, -0.2) is 24.6 Å². The van der Waals surface area contributed by atoms with Gasteiger partial charge in [-0.1, -0.05) is 42.0 Å². The second kappa shape index (κ2) is 10.3. The third-order valence-corrected chi connectivity index (χ3v) is 5.12. The molecule has 0 radical (unpaired) electrons. The average molecular weight is 438 g/mol. The maximum absolute atomic E-state index is 13.2. The molecule has 29 heavy (non-hydrogen) atoms. The average Bonchev–Trinajstić information content (AvgIpc) is 3.03. The van der Waals surface area contributed by atoms with Crippen molar-refractivity contribution in [2.45, 2.75) is 26.5 Å². The van der Waals surface area contributed by atoms with Crippen LogP contribution in [0.3, 0.4) is 0 Å². The number of ether oxygens (including phenoxy) is 1. The smallest absolute Gasteiger partial charge is 0.134 e. The SMILES string of the molecule is Cc1ccc(-c2cc(C)c(CN3CCOC(c4ccc(F)cc4)C3)o2)cc1.Cl.Cl. The first-order valence-corrected chi connectivity index (χ1v) is 9.34. The first kappa shape index (κ1) is 23.4. The van der Waals surface area contributed by atoms with Gasteiger partial charge in [0.1, 0.15) is 17.3 Å².